The summed E-state index contributed by atoms with van der Waals surface area (Å²) in [5.41, 5.74) is 1.11. The lowest BCUT2D eigenvalue weighted by Gasteiger charge is -2.06. The van der Waals surface area contributed by atoms with Gasteiger partial charge in [-0.2, -0.15) is 0 Å². The molecule has 3 rings (SSSR count). The molecule has 4 heteroatoms. The summed E-state index contributed by atoms with van der Waals surface area (Å²) in [7, 11) is 0. The molecule has 0 spiro atoms. The lowest BCUT2D eigenvalue weighted by atomic mass is 10.2. The van der Waals surface area contributed by atoms with Crippen molar-refractivity contribution in [2.24, 2.45) is 0 Å². The van der Waals surface area contributed by atoms with Gasteiger partial charge in [-0.3, -0.25) is 4.79 Å². The van der Waals surface area contributed by atoms with Gasteiger partial charge in [0.15, 0.2) is 12.0 Å². The summed E-state index contributed by atoms with van der Waals surface area (Å²) in [6, 6.07) is 11.6. The summed E-state index contributed by atoms with van der Waals surface area (Å²) in [4.78, 5) is 10.6. The summed E-state index contributed by atoms with van der Waals surface area (Å²) in [5, 5.41) is 1.13. The van der Waals surface area contributed by atoms with Crippen molar-refractivity contribution in [3.05, 3.63) is 54.1 Å². The van der Waals surface area contributed by atoms with Crippen LogP contribution in [0.5, 0.6) is 5.75 Å². The van der Waals surface area contributed by atoms with Crippen molar-refractivity contribution in [1.29, 1.82) is 0 Å². The second kappa shape index (κ2) is 5.87. The van der Waals surface area contributed by atoms with E-state index in [2.05, 4.69) is 17.6 Å². The highest BCUT2D eigenvalue weighted by Crippen LogP contribution is 2.23. The molecule has 0 aliphatic rings. The first-order valence-electron chi connectivity index (χ1n) is 7.05. The number of nitrogens with zero attached hydrogens (tertiary/aromatic N) is 1. The molecule has 0 aliphatic heterocycles. The van der Waals surface area contributed by atoms with Crippen LogP contribution in [0.2, 0.25) is 0 Å². The fourth-order valence-electron chi connectivity index (χ4n) is 2.34. The maximum Gasteiger partial charge on any atom is 0.185 e. The number of hydrogen-bond acceptors (Lipinski definition) is 3. The van der Waals surface area contributed by atoms with Crippen LogP contribution in [0.4, 0.5) is 0 Å². The summed E-state index contributed by atoms with van der Waals surface area (Å²) in [5.74, 6) is 2.01. The van der Waals surface area contributed by atoms with Crippen LogP contribution < -0.4 is 4.74 Å². The monoisotopic (exact) mass is 283 g/mol. The Hall–Kier alpha value is -2.49. The molecule has 0 saturated heterocycles. The van der Waals surface area contributed by atoms with Gasteiger partial charge in [0.2, 0.25) is 0 Å². The van der Waals surface area contributed by atoms with Gasteiger partial charge in [0.05, 0.1) is 13.2 Å². The van der Waals surface area contributed by atoms with Gasteiger partial charge in [-0.25, -0.2) is 0 Å². The van der Waals surface area contributed by atoms with E-state index >= 15 is 0 Å². The van der Waals surface area contributed by atoms with Gasteiger partial charge in [0.25, 0.3) is 0 Å². The second-order valence-electron chi connectivity index (χ2n) is 4.93. The molecule has 0 amide bonds. The van der Waals surface area contributed by atoms with Crippen molar-refractivity contribution in [2.45, 2.75) is 19.9 Å². The highest BCUT2D eigenvalue weighted by atomic mass is 16.5. The molecule has 0 atom stereocenters. The zero-order chi connectivity index (χ0) is 14.7. The number of aldehydes is 1. The first kappa shape index (κ1) is 13.5. The highest BCUT2D eigenvalue weighted by Gasteiger charge is 2.06. The van der Waals surface area contributed by atoms with Gasteiger partial charge in [-0.05, 0) is 42.8 Å². The number of hydrogen-bond donors (Lipinski definition) is 0. The van der Waals surface area contributed by atoms with Gasteiger partial charge in [0.1, 0.15) is 11.5 Å². The third-order valence-electron chi connectivity index (χ3n) is 3.34. The van der Waals surface area contributed by atoms with E-state index in [9.17, 15) is 4.79 Å². The molecule has 0 saturated carbocycles. The van der Waals surface area contributed by atoms with Crippen LogP contribution in [-0.2, 0) is 6.54 Å². The van der Waals surface area contributed by atoms with Crippen LogP contribution in [0.25, 0.3) is 10.9 Å². The van der Waals surface area contributed by atoms with Gasteiger partial charge in [0, 0.05) is 17.1 Å². The Morgan fingerprint density at radius 3 is 2.90 bits per heavy atom. The smallest absolute Gasteiger partial charge is 0.185 e. The zero-order valence-corrected chi connectivity index (χ0v) is 11.9. The van der Waals surface area contributed by atoms with E-state index in [0.29, 0.717) is 18.6 Å². The van der Waals surface area contributed by atoms with Crippen molar-refractivity contribution in [3.8, 4) is 5.75 Å². The molecule has 0 radical (unpaired) electrons. The quantitative estimate of drug-likeness (QED) is 0.645. The molecular weight excluding hydrogens is 266 g/mol. The van der Waals surface area contributed by atoms with Crippen molar-refractivity contribution in [2.75, 3.05) is 6.61 Å². The number of carbonyl (C=O) groups is 1. The number of carbonyl (C=O) groups excluding carboxylic acids is 1. The lowest BCUT2D eigenvalue weighted by Crippen LogP contribution is -1.97. The molecule has 108 valence electrons. The Labute approximate surface area is 122 Å². The minimum absolute atomic E-state index is 0.358. The Morgan fingerprint density at radius 1 is 1.24 bits per heavy atom. The largest absolute Gasteiger partial charge is 0.494 e. The third kappa shape index (κ3) is 2.84. The molecule has 2 aromatic heterocycles. The molecule has 0 unspecified atom stereocenters. The molecule has 0 aliphatic carbocycles. The molecule has 0 N–H and O–H groups in total. The maximum absolute atomic E-state index is 10.6. The molecule has 0 bridgehead atoms. The number of furan rings is 1. The molecule has 2 heterocycles. The van der Waals surface area contributed by atoms with Crippen LogP contribution in [0, 0.1) is 0 Å². The van der Waals surface area contributed by atoms with Gasteiger partial charge < -0.3 is 13.7 Å². The lowest BCUT2D eigenvalue weighted by molar-refractivity contribution is 0.109. The molecule has 1 aromatic carbocycles. The predicted molar refractivity (Wildman–Crippen MR) is 80.9 cm³/mol. The van der Waals surface area contributed by atoms with E-state index in [1.165, 1.54) is 0 Å². The first-order valence-corrected chi connectivity index (χ1v) is 7.05. The summed E-state index contributed by atoms with van der Waals surface area (Å²) >= 11 is 0. The van der Waals surface area contributed by atoms with Gasteiger partial charge >= 0.3 is 0 Å². The van der Waals surface area contributed by atoms with Crippen LogP contribution in [0.1, 0.15) is 29.7 Å². The zero-order valence-electron chi connectivity index (χ0n) is 11.9. The Bertz CT molecular complexity index is 754. The van der Waals surface area contributed by atoms with Crippen LogP contribution >= 0.6 is 0 Å². The van der Waals surface area contributed by atoms with E-state index in [0.717, 1.165) is 35.4 Å². The number of aromatic nitrogens is 1. The van der Waals surface area contributed by atoms with E-state index in [4.69, 9.17) is 9.15 Å². The van der Waals surface area contributed by atoms with Crippen molar-refractivity contribution < 1.29 is 13.9 Å². The van der Waals surface area contributed by atoms with Crippen molar-refractivity contribution in [3.63, 3.8) is 0 Å². The Balaban J connectivity index is 1.84. The van der Waals surface area contributed by atoms with Gasteiger partial charge in [-0.1, -0.05) is 6.92 Å². The van der Waals surface area contributed by atoms with E-state index in [-0.39, 0.29) is 0 Å². The first-order chi connectivity index (χ1) is 10.3. The van der Waals surface area contributed by atoms with Crippen molar-refractivity contribution >= 4 is 17.2 Å². The normalized spacial score (nSPS) is 10.9. The molecule has 0 fully saturated rings. The maximum atomic E-state index is 10.6. The minimum Gasteiger partial charge on any atom is -0.494 e. The Morgan fingerprint density at radius 2 is 2.14 bits per heavy atom. The number of rotatable bonds is 6. The van der Waals surface area contributed by atoms with Gasteiger partial charge in [-0.15, -0.1) is 0 Å². The van der Waals surface area contributed by atoms with Crippen molar-refractivity contribution in [1.82, 2.24) is 4.57 Å². The van der Waals surface area contributed by atoms with Crippen LogP contribution in [0.15, 0.2) is 47.0 Å². The number of fused-ring (bicyclic) bond motifs is 1. The fraction of sp³-hybridized carbons (Fsp3) is 0.235. The van der Waals surface area contributed by atoms with E-state index < -0.39 is 0 Å². The van der Waals surface area contributed by atoms with Crippen LogP contribution in [-0.4, -0.2) is 17.5 Å². The Kier molecular flexibility index (Phi) is 3.77. The van der Waals surface area contributed by atoms with Crippen LogP contribution in [0.3, 0.4) is 0 Å². The summed E-state index contributed by atoms with van der Waals surface area (Å²) in [6.07, 6.45) is 3.72. The third-order valence-corrected chi connectivity index (χ3v) is 3.34. The standard InChI is InChI=1S/C17H17NO3/c1-2-9-20-14-5-6-17-13(10-14)7-8-18(17)11-15-3-4-16(12-19)21-15/h3-8,10,12H,2,9,11H2,1H3. The molecular formula is C17H17NO3. The SMILES string of the molecule is CCCOc1ccc2c(ccn2Cc2ccc(C=O)o2)c1. The van der Waals surface area contributed by atoms with E-state index in [1.54, 1.807) is 6.07 Å². The second-order valence-corrected chi connectivity index (χ2v) is 4.93. The molecule has 4 nitrogen and oxygen atoms in total. The minimum atomic E-state index is 0.358. The summed E-state index contributed by atoms with van der Waals surface area (Å²) < 4.78 is 13.1. The number of ether oxygens (including phenoxy) is 1. The number of benzene rings is 1. The summed E-state index contributed by atoms with van der Waals surface area (Å²) in [6.45, 7) is 3.42. The average Bonchev–Trinajstić information content (AvgIpc) is 3.12. The molecule has 21 heavy (non-hydrogen) atoms. The topological polar surface area (TPSA) is 44.4 Å². The predicted octanol–water partition coefficient (Wildman–Crippen LogP) is 3.88. The fourth-order valence-corrected chi connectivity index (χ4v) is 2.34. The average molecular weight is 283 g/mol. The highest BCUT2D eigenvalue weighted by molar-refractivity contribution is 5.81. The molecule has 3 aromatic rings. The van der Waals surface area contributed by atoms with E-state index in [1.807, 2.05) is 30.5 Å².